The summed E-state index contributed by atoms with van der Waals surface area (Å²) >= 11 is 6.55. The molecule has 0 radical (unpaired) electrons. The Morgan fingerprint density at radius 3 is 2.58 bits per heavy atom. The van der Waals surface area contributed by atoms with E-state index in [9.17, 15) is 4.79 Å². The highest BCUT2D eigenvalue weighted by molar-refractivity contribution is 6.32. The third kappa shape index (κ3) is 5.74. The third-order valence-electron chi connectivity index (χ3n) is 5.55. The highest BCUT2D eigenvalue weighted by Crippen LogP contribution is 2.28. The van der Waals surface area contributed by atoms with Gasteiger partial charge in [0.1, 0.15) is 5.82 Å². The number of anilines is 2. The fourth-order valence-electron chi connectivity index (χ4n) is 3.66. The van der Waals surface area contributed by atoms with E-state index >= 15 is 0 Å². The number of pyridine rings is 1. The maximum absolute atomic E-state index is 11.7. The van der Waals surface area contributed by atoms with Crippen molar-refractivity contribution in [2.45, 2.75) is 25.8 Å². The van der Waals surface area contributed by atoms with Crippen molar-refractivity contribution in [2.24, 2.45) is 0 Å². The van der Waals surface area contributed by atoms with E-state index in [1.165, 1.54) is 0 Å². The van der Waals surface area contributed by atoms with Gasteiger partial charge in [0.25, 0.3) is 0 Å². The number of hydrogen-bond acceptors (Lipinski definition) is 6. The molecule has 170 valence electrons. The Morgan fingerprint density at radius 2 is 1.88 bits per heavy atom. The normalized spacial score (nSPS) is 14.4. The summed E-state index contributed by atoms with van der Waals surface area (Å²) in [5.74, 6) is 1.06. The number of hydrogen-bond donors (Lipinski definition) is 1. The zero-order valence-electron chi connectivity index (χ0n) is 18.4. The second-order valence-electron chi connectivity index (χ2n) is 7.70. The molecule has 0 aliphatic carbocycles. The molecule has 0 saturated carbocycles. The second-order valence-corrected chi connectivity index (χ2v) is 8.11. The minimum atomic E-state index is 0.261. The molecule has 1 amide bonds. The molecule has 1 aliphatic heterocycles. The van der Waals surface area contributed by atoms with Crippen molar-refractivity contribution in [3.8, 4) is 11.1 Å². The Bertz CT molecular complexity index is 1120. The van der Waals surface area contributed by atoms with Gasteiger partial charge in [-0.1, -0.05) is 29.8 Å². The van der Waals surface area contributed by atoms with Gasteiger partial charge in [-0.05, 0) is 60.7 Å². The van der Waals surface area contributed by atoms with Crippen LogP contribution in [0, 0.1) is 0 Å². The number of aromatic nitrogens is 3. The van der Waals surface area contributed by atoms with E-state index in [0.29, 0.717) is 23.3 Å². The molecule has 1 aliphatic rings. The number of carbonyl (C=O) groups is 1. The minimum Gasteiger partial charge on any atom is -0.381 e. The number of rotatable bonds is 8. The van der Waals surface area contributed by atoms with Crippen molar-refractivity contribution >= 4 is 41.9 Å². The average Bonchev–Trinajstić information content (AvgIpc) is 2.86. The van der Waals surface area contributed by atoms with Crippen LogP contribution in [0.1, 0.15) is 30.9 Å². The number of nitrogens with zero attached hydrogens (tertiary/aromatic N) is 4. The predicted molar refractivity (Wildman–Crippen MR) is 132 cm³/mol. The van der Waals surface area contributed by atoms with Gasteiger partial charge in [-0.25, -0.2) is 4.98 Å². The molecule has 3 heterocycles. The standard InChI is InChI=1S/C25H26ClN5O2/c1-2-31(17-32)24-21(16-28-25(30-24)29-22-9-13-33-14-10-22)6-4-19-3-5-20(15-23(19)26)18-7-11-27-12-8-18/h3-8,11-12,15-17,22H,2,9-10,13-14H2,1H3,(H,28,29,30). The van der Waals surface area contributed by atoms with E-state index in [2.05, 4.69) is 20.3 Å². The van der Waals surface area contributed by atoms with Crippen molar-refractivity contribution in [1.82, 2.24) is 15.0 Å². The first-order chi connectivity index (χ1) is 16.2. The molecule has 7 nitrogen and oxygen atoms in total. The number of amides is 1. The number of nitrogens with one attached hydrogen (secondary N) is 1. The fraction of sp³-hybridized carbons (Fsp3) is 0.280. The lowest BCUT2D eigenvalue weighted by atomic mass is 10.0. The van der Waals surface area contributed by atoms with Crippen molar-refractivity contribution < 1.29 is 9.53 Å². The molecule has 3 aromatic rings. The molecule has 4 rings (SSSR count). The quantitative estimate of drug-likeness (QED) is 0.477. The fourth-order valence-corrected chi connectivity index (χ4v) is 3.91. The number of ether oxygens (including phenoxy) is 1. The average molecular weight is 464 g/mol. The van der Waals surface area contributed by atoms with E-state index in [1.807, 2.05) is 49.4 Å². The second kappa shape index (κ2) is 11.0. The van der Waals surface area contributed by atoms with Crippen LogP contribution in [0.4, 0.5) is 11.8 Å². The van der Waals surface area contributed by atoms with Crippen LogP contribution in [0.25, 0.3) is 23.3 Å². The largest absolute Gasteiger partial charge is 0.381 e. The summed E-state index contributed by atoms with van der Waals surface area (Å²) < 4.78 is 5.41. The van der Waals surface area contributed by atoms with Gasteiger partial charge in [0.2, 0.25) is 12.4 Å². The smallest absolute Gasteiger partial charge is 0.224 e. The van der Waals surface area contributed by atoms with Crippen molar-refractivity contribution in [2.75, 3.05) is 30.0 Å². The van der Waals surface area contributed by atoms with Gasteiger partial charge in [0, 0.05) is 55.0 Å². The van der Waals surface area contributed by atoms with E-state index in [1.54, 1.807) is 23.5 Å². The lowest BCUT2D eigenvalue weighted by molar-refractivity contribution is -0.107. The molecule has 0 spiro atoms. The van der Waals surface area contributed by atoms with Gasteiger partial charge >= 0.3 is 0 Å². The maximum Gasteiger partial charge on any atom is 0.224 e. The first-order valence-electron chi connectivity index (χ1n) is 11.0. The summed E-state index contributed by atoms with van der Waals surface area (Å²) in [6.07, 6.45) is 11.6. The first-order valence-corrected chi connectivity index (χ1v) is 11.4. The van der Waals surface area contributed by atoms with Crippen LogP contribution in [-0.4, -0.2) is 47.2 Å². The zero-order valence-corrected chi connectivity index (χ0v) is 19.2. The SMILES string of the molecule is CCN(C=O)c1nc(NC2CCOCC2)ncc1C=Cc1ccc(-c2ccncc2)cc1Cl. The van der Waals surface area contributed by atoms with Crippen LogP contribution >= 0.6 is 11.6 Å². The Hall–Kier alpha value is -3.29. The Balaban J connectivity index is 1.59. The predicted octanol–water partition coefficient (Wildman–Crippen LogP) is 4.94. The lowest BCUT2D eigenvalue weighted by Gasteiger charge is -2.24. The van der Waals surface area contributed by atoms with Crippen LogP contribution in [0.15, 0.2) is 48.9 Å². The van der Waals surface area contributed by atoms with E-state index < -0.39 is 0 Å². The summed E-state index contributed by atoms with van der Waals surface area (Å²) in [6, 6.07) is 10.1. The van der Waals surface area contributed by atoms with Crippen LogP contribution in [-0.2, 0) is 9.53 Å². The number of halogens is 1. The van der Waals surface area contributed by atoms with Crippen molar-refractivity contribution in [1.29, 1.82) is 0 Å². The molecular formula is C25H26ClN5O2. The molecule has 1 aromatic carbocycles. The number of carbonyl (C=O) groups excluding carboxylic acids is 1. The van der Waals surface area contributed by atoms with E-state index in [-0.39, 0.29) is 6.04 Å². The topological polar surface area (TPSA) is 80.2 Å². The zero-order chi connectivity index (χ0) is 23.0. The maximum atomic E-state index is 11.7. The third-order valence-corrected chi connectivity index (χ3v) is 5.87. The van der Waals surface area contributed by atoms with Crippen LogP contribution in [0.5, 0.6) is 0 Å². The molecule has 1 fully saturated rings. The molecule has 8 heteroatoms. The van der Waals surface area contributed by atoms with Crippen molar-refractivity contribution in [3.63, 3.8) is 0 Å². The molecular weight excluding hydrogens is 438 g/mol. The summed E-state index contributed by atoms with van der Waals surface area (Å²) in [4.78, 5) is 26.4. The van der Waals surface area contributed by atoms with Gasteiger partial charge in [-0.3, -0.25) is 14.7 Å². The summed E-state index contributed by atoms with van der Waals surface area (Å²) in [5.41, 5.74) is 3.66. The Morgan fingerprint density at radius 1 is 1.12 bits per heavy atom. The van der Waals surface area contributed by atoms with Gasteiger partial charge in [-0.2, -0.15) is 4.98 Å². The first kappa shape index (κ1) is 22.9. The van der Waals surface area contributed by atoms with Gasteiger partial charge in [-0.15, -0.1) is 0 Å². The monoisotopic (exact) mass is 463 g/mol. The van der Waals surface area contributed by atoms with Gasteiger partial charge in [0.15, 0.2) is 0 Å². The summed E-state index contributed by atoms with van der Waals surface area (Å²) in [7, 11) is 0. The molecule has 1 N–H and O–H groups in total. The lowest BCUT2D eigenvalue weighted by Crippen LogP contribution is -2.29. The van der Waals surface area contributed by atoms with Crippen LogP contribution in [0.2, 0.25) is 5.02 Å². The molecule has 1 saturated heterocycles. The van der Waals surface area contributed by atoms with Gasteiger partial charge in [0.05, 0.1) is 0 Å². The molecule has 0 unspecified atom stereocenters. The molecule has 2 aromatic heterocycles. The van der Waals surface area contributed by atoms with Crippen LogP contribution < -0.4 is 10.2 Å². The van der Waals surface area contributed by atoms with Crippen molar-refractivity contribution in [3.05, 3.63) is 65.1 Å². The van der Waals surface area contributed by atoms with Gasteiger partial charge < -0.3 is 10.1 Å². The summed E-state index contributed by atoms with van der Waals surface area (Å²) in [5, 5.41) is 3.99. The Kier molecular flexibility index (Phi) is 7.65. The van der Waals surface area contributed by atoms with Crippen LogP contribution in [0.3, 0.4) is 0 Å². The molecule has 0 atom stereocenters. The van der Waals surface area contributed by atoms with E-state index in [4.69, 9.17) is 16.3 Å². The minimum absolute atomic E-state index is 0.261. The number of benzene rings is 1. The molecule has 33 heavy (non-hydrogen) atoms. The highest BCUT2D eigenvalue weighted by atomic mass is 35.5. The molecule has 0 bridgehead atoms. The summed E-state index contributed by atoms with van der Waals surface area (Å²) in [6.45, 7) is 3.85. The Labute approximate surface area is 198 Å². The highest BCUT2D eigenvalue weighted by Gasteiger charge is 2.17. The van der Waals surface area contributed by atoms with E-state index in [0.717, 1.165) is 54.7 Å².